The molecule has 0 aromatic carbocycles. The zero-order valence-electron chi connectivity index (χ0n) is 14.2. The van der Waals surface area contributed by atoms with Crippen LogP contribution in [0.15, 0.2) is 0 Å². The minimum absolute atomic E-state index is 0.0173. The first-order valence-corrected chi connectivity index (χ1v) is 8.28. The Balaban J connectivity index is 6.78. The lowest BCUT2D eigenvalue weighted by Gasteiger charge is -2.43. The van der Waals surface area contributed by atoms with Crippen molar-refractivity contribution in [2.45, 2.75) is 60.6 Å². The van der Waals surface area contributed by atoms with Crippen LogP contribution < -0.4 is 4.72 Å². The number of hydrogen-bond donors (Lipinski definition) is 2. The summed E-state index contributed by atoms with van der Waals surface area (Å²) < 4.78 is 249. The smallest absolute Gasteiger partial charge is 0.273 e. The van der Waals surface area contributed by atoms with E-state index in [9.17, 15) is 83.1 Å². The van der Waals surface area contributed by atoms with E-state index in [0.717, 1.165) is 0 Å². The van der Waals surface area contributed by atoms with Gasteiger partial charge in [0.15, 0.2) is 0 Å². The first-order valence-electron chi connectivity index (χ1n) is 6.84. The summed E-state index contributed by atoms with van der Waals surface area (Å²) in [6.07, 6.45) is -7.86. The van der Waals surface area contributed by atoms with E-state index in [-0.39, 0.29) is 4.72 Å². The van der Waals surface area contributed by atoms with Gasteiger partial charge in [0.2, 0.25) is 0 Å². The highest BCUT2D eigenvalue weighted by molar-refractivity contribution is 7.83. The quantitative estimate of drug-likeness (QED) is 0.325. The third-order valence-electron chi connectivity index (χ3n) is 3.62. The highest BCUT2D eigenvalue weighted by Crippen LogP contribution is 2.64. The molecule has 0 radical (unpaired) electrons. The van der Waals surface area contributed by atoms with Gasteiger partial charge in [0.25, 0.3) is 0 Å². The molecule has 1 unspecified atom stereocenters. The molecule has 0 fully saturated rings. The van der Waals surface area contributed by atoms with Gasteiger partial charge in [-0.25, -0.2) is 0 Å². The molecule has 0 saturated heterocycles. The lowest BCUT2D eigenvalue weighted by Crippen LogP contribution is -2.75. The molecule has 2 N–H and O–H groups in total. The molecule has 0 saturated carbocycles. The second-order valence-electron chi connectivity index (χ2n) is 5.88. The van der Waals surface area contributed by atoms with E-state index in [1.54, 1.807) is 0 Å². The van der Waals surface area contributed by atoms with Crippen LogP contribution in [0.3, 0.4) is 0 Å². The van der Waals surface area contributed by atoms with Gasteiger partial charge in [-0.2, -0.15) is 87.8 Å². The third-order valence-corrected chi connectivity index (χ3v) is 4.27. The van der Waals surface area contributed by atoms with Gasteiger partial charge in [0.1, 0.15) is 0 Å². The Morgan fingerprint density at radius 1 is 0.562 bits per heavy atom. The Labute approximate surface area is 164 Å². The highest BCUT2D eigenvalue weighted by Gasteiger charge is 2.95. The van der Waals surface area contributed by atoms with Crippen molar-refractivity contribution >= 4 is 10.3 Å². The maximum Gasteiger partial charge on any atom is 0.460 e. The van der Waals surface area contributed by atoms with E-state index in [0.29, 0.717) is 0 Å². The van der Waals surface area contributed by atoms with E-state index in [1.165, 1.54) is 0 Å². The fourth-order valence-electron chi connectivity index (χ4n) is 1.75. The van der Waals surface area contributed by atoms with Crippen LogP contribution in [0, 0.1) is 0 Å². The van der Waals surface area contributed by atoms with Crippen molar-refractivity contribution < 1.29 is 87.6 Å². The minimum atomic E-state index is -8.78. The van der Waals surface area contributed by atoms with E-state index < -0.39 is 70.9 Å². The van der Waals surface area contributed by atoms with Gasteiger partial charge in [-0.3, -0.25) is 4.55 Å². The van der Waals surface area contributed by atoms with Crippen molar-refractivity contribution in [3.05, 3.63) is 0 Å². The minimum Gasteiger partial charge on any atom is -0.273 e. The van der Waals surface area contributed by atoms with Crippen LogP contribution in [0.25, 0.3) is 0 Å². The molecule has 32 heavy (non-hydrogen) atoms. The Hall–Kier alpha value is -1.32. The lowest BCUT2D eigenvalue weighted by molar-refractivity contribution is -0.462. The van der Waals surface area contributed by atoms with Crippen molar-refractivity contribution in [1.82, 2.24) is 4.72 Å². The number of hydrogen-bond acceptors (Lipinski definition) is 2. The molecule has 22 heteroatoms. The summed E-state index contributed by atoms with van der Waals surface area (Å²) in [5.74, 6) is -58.0. The molecule has 0 aromatic heterocycles. The second-order valence-corrected chi connectivity index (χ2v) is 7.07. The van der Waals surface area contributed by atoms with Gasteiger partial charge in [0, 0.05) is 0 Å². The molecule has 0 spiro atoms. The zero-order valence-corrected chi connectivity index (χ0v) is 15.0. The van der Waals surface area contributed by atoms with Crippen LogP contribution in [0.5, 0.6) is 0 Å². The van der Waals surface area contributed by atoms with Crippen LogP contribution in [0.4, 0.5) is 74.6 Å². The summed E-state index contributed by atoms with van der Waals surface area (Å²) in [4.78, 5) is 0. The number of rotatable bonds is 9. The molecule has 4 nitrogen and oxygen atoms in total. The average Bonchev–Trinajstić information content (AvgIpc) is 2.50. The van der Waals surface area contributed by atoms with Crippen molar-refractivity contribution in [2.24, 2.45) is 0 Å². The largest absolute Gasteiger partial charge is 0.460 e. The predicted octanol–water partition coefficient (Wildman–Crippen LogP) is 4.78. The van der Waals surface area contributed by atoms with Gasteiger partial charge in [-0.1, -0.05) is 0 Å². The zero-order chi connectivity index (χ0) is 26.8. The number of halogens is 17. The van der Waals surface area contributed by atoms with Crippen molar-refractivity contribution in [3.8, 4) is 0 Å². The Morgan fingerprint density at radius 3 is 1.06 bits per heavy atom. The maximum absolute atomic E-state index is 13.5. The molecule has 194 valence electrons. The van der Waals surface area contributed by atoms with Gasteiger partial charge >= 0.3 is 57.9 Å². The second kappa shape index (κ2) is 7.60. The normalized spacial score (nSPS) is 17.5. The van der Waals surface area contributed by atoms with Crippen LogP contribution in [0.2, 0.25) is 0 Å². The molecule has 0 aliphatic heterocycles. The third kappa shape index (κ3) is 4.16. The summed E-state index contributed by atoms with van der Waals surface area (Å²) in [5.41, 5.74) is 0. The first-order chi connectivity index (χ1) is 13.4. The molecule has 0 rings (SSSR count). The van der Waals surface area contributed by atoms with Crippen molar-refractivity contribution in [3.63, 3.8) is 0 Å². The Morgan fingerprint density at radius 2 is 0.812 bits per heavy atom. The molecule has 0 aromatic rings. The van der Waals surface area contributed by atoms with Crippen LogP contribution in [-0.4, -0.2) is 66.6 Å². The molecule has 1 atom stereocenters. The first kappa shape index (κ1) is 30.7. The summed E-state index contributed by atoms with van der Waals surface area (Å²) in [7, 11) is -6.02. The van der Waals surface area contributed by atoms with E-state index in [2.05, 4.69) is 0 Å². The highest BCUT2D eigenvalue weighted by atomic mass is 32.2. The predicted molar refractivity (Wildman–Crippen MR) is 64.8 cm³/mol. The fraction of sp³-hybridized carbons (Fsp3) is 1.00. The topological polar surface area (TPSA) is 66.4 Å². The van der Waals surface area contributed by atoms with Gasteiger partial charge in [0.05, 0.1) is 6.04 Å². The molecule has 0 aliphatic carbocycles. The van der Waals surface area contributed by atoms with Gasteiger partial charge in [-0.05, 0) is 6.92 Å². The monoisotopic (exact) mass is 543 g/mol. The molecule has 0 amide bonds. The van der Waals surface area contributed by atoms with E-state index >= 15 is 0 Å². The lowest BCUT2D eigenvalue weighted by atomic mass is 9.87. The average molecular weight is 543 g/mol. The summed E-state index contributed by atoms with van der Waals surface area (Å²) >= 11 is 0. The van der Waals surface area contributed by atoms with Gasteiger partial charge in [-0.15, -0.1) is 0 Å². The van der Waals surface area contributed by atoms with Crippen LogP contribution in [0.1, 0.15) is 6.92 Å². The summed E-state index contributed by atoms with van der Waals surface area (Å²) in [5, 5.41) is 0. The molecular weight excluding hydrogens is 537 g/mol. The number of alkyl halides is 17. The molecule has 0 heterocycles. The van der Waals surface area contributed by atoms with Crippen LogP contribution in [-0.2, 0) is 10.3 Å². The Kier molecular flexibility index (Phi) is 7.29. The van der Waals surface area contributed by atoms with Gasteiger partial charge < -0.3 is 0 Å². The van der Waals surface area contributed by atoms with E-state index in [1.807, 2.05) is 0 Å². The summed E-state index contributed by atoms with van der Waals surface area (Å²) in [6.45, 7) is -0.569. The Bertz CT molecular complexity index is 802. The maximum atomic E-state index is 13.5. The van der Waals surface area contributed by atoms with E-state index in [4.69, 9.17) is 4.55 Å². The standard InChI is InChI=1S/C10H6F17NO3S/c1-2(28-32(29,30)31)3(11,12)4(13,14)5(15,16)6(17,18)7(19,20)8(21,22)9(23,24)10(25,26)27/h2,28H,1H3,(H,29,30,31). The molecule has 0 aliphatic rings. The molecule has 0 bridgehead atoms. The SMILES string of the molecule is CC(NS(=O)(=O)O)C(F)(F)C(F)(F)C(F)(F)C(F)(F)C(F)(F)C(F)(F)C(F)(F)C(F)(F)F. The van der Waals surface area contributed by atoms with Crippen molar-refractivity contribution in [1.29, 1.82) is 0 Å². The number of nitrogens with one attached hydrogen (secondary N) is 1. The fourth-order valence-corrected chi connectivity index (χ4v) is 2.34. The molecular formula is C10H6F17NO3S. The van der Waals surface area contributed by atoms with Crippen LogP contribution >= 0.6 is 0 Å². The summed E-state index contributed by atoms with van der Waals surface area (Å²) in [6, 6.07) is -4.10. The van der Waals surface area contributed by atoms with Crippen molar-refractivity contribution in [2.75, 3.05) is 0 Å².